The highest BCUT2D eigenvalue weighted by Gasteiger charge is 2.05. The lowest BCUT2D eigenvalue weighted by atomic mass is 10.3. The fourth-order valence-electron chi connectivity index (χ4n) is 1.48. The largest absolute Gasteiger partial charge is 0.573 e. The van der Waals surface area contributed by atoms with Gasteiger partial charge in [0, 0.05) is 0 Å². The van der Waals surface area contributed by atoms with Crippen LogP contribution >= 0.6 is 23.2 Å². The fraction of sp³-hybridized carbons (Fsp3) is 0.0769. The fourth-order valence-corrected chi connectivity index (χ4v) is 2.75. The van der Waals surface area contributed by atoms with Crippen molar-refractivity contribution in [2.45, 2.75) is 4.90 Å². The third-order valence-corrected chi connectivity index (χ3v) is 4.54. The molecule has 0 atom stereocenters. The van der Waals surface area contributed by atoms with Crippen LogP contribution in [0.1, 0.15) is 0 Å². The second-order valence-electron chi connectivity index (χ2n) is 3.84. The molecule has 0 N–H and O–H groups in total. The molecule has 20 heavy (non-hydrogen) atoms. The molecule has 0 bridgehead atoms. The molecule has 0 heterocycles. The van der Waals surface area contributed by atoms with Crippen molar-refractivity contribution < 1.29 is 13.2 Å². The van der Waals surface area contributed by atoms with Gasteiger partial charge in [-0.15, -0.1) is 5.69 Å². The molecule has 0 saturated heterocycles. The third-order valence-electron chi connectivity index (χ3n) is 2.49. The molecule has 2 aromatic rings. The summed E-state index contributed by atoms with van der Waals surface area (Å²) in [4.78, 5) is 0.0735. The highest BCUT2D eigenvalue weighted by atomic mass is 35.5. The van der Waals surface area contributed by atoms with E-state index in [0.29, 0.717) is 10.8 Å². The van der Waals surface area contributed by atoms with Gasteiger partial charge in [0.05, 0.1) is 22.1 Å². The number of ether oxygens (including phenoxy) is 1. The molecule has 0 aromatic heterocycles. The summed E-state index contributed by atoms with van der Waals surface area (Å²) in [7, 11) is -2.30. The highest BCUT2D eigenvalue weighted by molar-refractivity contribution is 7.94. The predicted molar refractivity (Wildman–Crippen MR) is 79.7 cm³/mol. The summed E-state index contributed by atoms with van der Waals surface area (Å²) in [5.74, 6) is 0.568. The van der Waals surface area contributed by atoms with Crippen LogP contribution in [0.2, 0.25) is 10.0 Å². The van der Waals surface area contributed by atoms with Gasteiger partial charge in [-0.05, 0) is 30.3 Å². The summed E-state index contributed by atoms with van der Waals surface area (Å²) < 4.78 is 32.9. The number of halogens is 2. The van der Waals surface area contributed by atoms with Crippen LogP contribution in [0.3, 0.4) is 0 Å². The molecule has 2 rings (SSSR count). The van der Waals surface area contributed by atoms with Crippen molar-refractivity contribution in [1.29, 1.82) is 0 Å². The molecule has 0 saturated carbocycles. The molecule has 4 nitrogen and oxygen atoms in total. The maximum absolute atomic E-state index is 12.1. The average Bonchev–Trinajstić information content (AvgIpc) is 2.43. The van der Waals surface area contributed by atoms with E-state index in [2.05, 4.69) is 4.72 Å². The quantitative estimate of drug-likeness (QED) is 0.834. The molecule has 0 unspecified atom stereocenters. The predicted octanol–water partition coefficient (Wildman–Crippen LogP) is 4.40. The van der Waals surface area contributed by atoms with Gasteiger partial charge in [-0.25, -0.2) is 8.42 Å². The molecule has 0 aliphatic rings. The number of sulfonamides is 1. The van der Waals surface area contributed by atoms with E-state index >= 15 is 0 Å². The summed E-state index contributed by atoms with van der Waals surface area (Å²) in [5.41, 5.74) is 0.218. The number of hydrogen-bond donors (Lipinski definition) is 0. The van der Waals surface area contributed by atoms with Crippen LogP contribution in [0, 0.1) is 0 Å². The Labute approximate surface area is 127 Å². The van der Waals surface area contributed by atoms with Gasteiger partial charge in [-0.1, -0.05) is 35.3 Å². The second-order valence-corrected chi connectivity index (χ2v) is 6.26. The average molecular weight is 331 g/mol. The lowest BCUT2D eigenvalue weighted by molar-refractivity contribution is 0.414. The van der Waals surface area contributed by atoms with Crippen molar-refractivity contribution in [3.63, 3.8) is 0 Å². The Morgan fingerprint density at radius 1 is 1.00 bits per heavy atom. The van der Waals surface area contributed by atoms with Crippen LogP contribution in [0.15, 0.2) is 47.4 Å². The molecule has 0 aliphatic carbocycles. The molecule has 0 amide bonds. The minimum atomic E-state index is -3.80. The monoisotopic (exact) mass is 330 g/mol. The van der Waals surface area contributed by atoms with E-state index < -0.39 is 10.0 Å². The zero-order chi connectivity index (χ0) is 14.8. The van der Waals surface area contributed by atoms with E-state index in [0.717, 1.165) is 0 Å². The zero-order valence-corrected chi connectivity index (χ0v) is 12.7. The van der Waals surface area contributed by atoms with Gasteiger partial charge in [0.1, 0.15) is 15.8 Å². The first-order valence-electron chi connectivity index (χ1n) is 5.49. The van der Waals surface area contributed by atoms with Crippen LogP contribution in [0.4, 0.5) is 5.69 Å². The Bertz CT molecular complexity index is 715. The topological polar surface area (TPSA) is 57.5 Å². The lowest BCUT2D eigenvalue weighted by Gasteiger charge is -2.22. The van der Waals surface area contributed by atoms with E-state index in [1.165, 1.54) is 37.4 Å². The first kappa shape index (κ1) is 15.0. The minimum Gasteiger partial charge on any atom is -0.573 e. The van der Waals surface area contributed by atoms with E-state index in [1.807, 2.05) is 0 Å². The SMILES string of the molecule is COc1ccc(S(=O)(=O)[N-]c2ccc(Cl)c(Cl)c2)cc1. The van der Waals surface area contributed by atoms with Gasteiger partial charge in [0.15, 0.2) is 0 Å². The number of nitrogens with zero attached hydrogens (tertiary/aromatic N) is 1. The molecule has 0 fully saturated rings. The molecule has 0 spiro atoms. The Kier molecular flexibility index (Phi) is 4.42. The summed E-state index contributed by atoms with van der Waals surface area (Å²) >= 11 is 11.6. The van der Waals surface area contributed by atoms with Gasteiger partial charge in [0.2, 0.25) is 0 Å². The van der Waals surface area contributed by atoms with Gasteiger partial charge in [-0.2, -0.15) is 0 Å². The van der Waals surface area contributed by atoms with E-state index in [4.69, 9.17) is 27.9 Å². The zero-order valence-electron chi connectivity index (χ0n) is 10.4. The van der Waals surface area contributed by atoms with Gasteiger partial charge in [0.25, 0.3) is 0 Å². The first-order chi connectivity index (χ1) is 9.42. The number of hydrogen-bond acceptors (Lipinski definition) is 3. The normalized spacial score (nSPS) is 11.2. The summed E-state index contributed by atoms with van der Waals surface area (Å²) in [6.45, 7) is 0. The minimum absolute atomic E-state index is 0.0735. The Morgan fingerprint density at radius 3 is 2.20 bits per heavy atom. The van der Waals surface area contributed by atoms with Gasteiger partial charge < -0.3 is 9.46 Å². The number of benzene rings is 2. The second kappa shape index (κ2) is 5.91. The van der Waals surface area contributed by atoms with Gasteiger partial charge >= 0.3 is 0 Å². The van der Waals surface area contributed by atoms with Crippen molar-refractivity contribution in [3.05, 3.63) is 57.2 Å². The first-order valence-corrected chi connectivity index (χ1v) is 7.69. The van der Waals surface area contributed by atoms with Crippen molar-refractivity contribution >= 4 is 38.9 Å². The highest BCUT2D eigenvalue weighted by Crippen LogP contribution is 2.33. The molecular formula is C13H10Cl2NO3S-. The van der Waals surface area contributed by atoms with Crippen molar-refractivity contribution in [2.24, 2.45) is 0 Å². The van der Waals surface area contributed by atoms with Gasteiger partial charge in [-0.3, -0.25) is 0 Å². The Balaban J connectivity index is 2.27. The van der Waals surface area contributed by atoms with Crippen LogP contribution in [-0.4, -0.2) is 15.5 Å². The molecule has 0 radical (unpaired) electrons. The molecule has 106 valence electrons. The smallest absolute Gasteiger partial charge is 0.123 e. The van der Waals surface area contributed by atoms with E-state index in [1.54, 1.807) is 12.1 Å². The standard InChI is InChI=1S/C13H10Cl2NO3S/c1-19-10-3-5-11(6-4-10)20(17,18)16-9-2-7-12(14)13(15)8-9/h2-8H,1H3/q-1. The Morgan fingerprint density at radius 2 is 1.65 bits per heavy atom. The lowest BCUT2D eigenvalue weighted by Crippen LogP contribution is -1.97. The van der Waals surface area contributed by atoms with Crippen LogP contribution in [-0.2, 0) is 10.0 Å². The number of rotatable bonds is 4. The van der Waals surface area contributed by atoms with Crippen molar-refractivity contribution in [3.8, 4) is 5.75 Å². The Hall–Kier alpha value is -1.43. The maximum Gasteiger partial charge on any atom is 0.123 e. The van der Waals surface area contributed by atoms with Crippen molar-refractivity contribution in [2.75, 3.05) is 7.11 Å². The molecule has 2 aromatic carbocycles. The van der Waals surface area contributed by atoms with E-state index in [-0.39, 0.29) is 15.6 Å². The van der Waals surface area contributed by atoms with Crippen LogP contribution < -0.4 is 4.74 Å². The summed E-state index contributed by atoms with van der Waals surface area (Å²) in [6, 6.07) is 10.3. The van der Waals surface area contributed by atoms with E-state index in [9.17, 15) is 8.42 Å². The van der Waals surface area contributed by atoms with Crippen LogP contribution in [0.25, 0.3) is 4.72 Å². The molecule has 7 heteroatoms. The van der Waals surface area contributed by atoms with Crippen LogP contribution in [0.5, 0.6) is 5.75 Å². The molecular weight excluding hydrogens is 321 g/mol. The third kappa shape index (κ3) is 3.36. The van der Waals surface area contributed by atoms with Crippen molar-refractivity contribution in [1.82, 2.24) is 0 Å². The molecule has 0 aliphatic heterocycles. The number of methoxy groups -OCH3 is 1. The summed E-state index contributed by atoms with van der Waals surface area (Å²) in [6.07, 6.45) is 0. The maximum atomic E-state index is 12.1. The summed E-state index contributed by atoms with van der Waals surface area (Å²) in [5, 5.41) is 0.588.